The van der Waals surface area contributed by atoms with Gasteiger partial charge in [-0.15, -0.1) is 0 Å². The van der Waals surface area contributed by atoms with Crippen LogP contribution in [0, 0.1) is 11.7 Å². The summed E-state index contributed by atoms with van der Waals surface area (Å²) in [4.78, 5) is 44.1. The minimum Gasteiger partial charge on any atom is -0.374 e. The second-order valence-corrected chi connectivity index (χ2v) is 13.3. The van der Waals surface area contributed by atoms with E-state index >= 15 is 0 Å². The number of para-hydroxylation sites is 1. The number of unbranched alkanes of at least 4 members (excludes halogenated alkanes) is 1. The van der Waals surface area contributed by atoms with E-state index in [-0.39, 0.29) is 23.4 Å². The summed E-state index contributed by atoms with van der Waals surface area (Å²) in [6, 6.07) is 13.5. The van der Waals surface area contributed by atoms with E-state index in [1.807, 2.05) is 26.0 Å². The number of H-pyrrole nitrogens is 1. The van der Waals surface area contributed by atoms with Gasteiger partial charge in [-0.05, 0) is 66.5 Å². The van der Waals surface area contributed by atoms with Gasteiger partial charge in [-0.1, -0.05) is 95.6 Å². The third kappa shape index (κ3) is 13.1. The predicted octanol–water partition coefficient (Wildman–Crippen LogP) is 7.97. The number of amides is 2. The molecule has 8 nitrogen and oxygen atoms in total. The first-order chi connectivity index (χ1) is 25.3. The van der Waals surface area contributed by atoms with Crippen LogP contribution in [0.2, 0.25) is 0 Å². The lowest BCUT2D eigenvalue weighted by atomic mass is 9.95. The molecule has 13 heteroatoms. The maximum Gasteiger partial charge on any atom is 0.418 e. The van der Waals surface area contributed by atoms with Gasteiger partial charge in [0, 0.05) is 30.0 Å². The van der Waals surface area contributed by atoms with Crippen molar-refractivity contribution in [3.8, 4) is 0 Å². The fourth-order valence-corrected chi connectivity index (χ4v) is 5.89. The number of hydrogen-bond acceptors (Lipinski definition) is 5. The van der Waals surface area contributed by atoms with E-state index in [1.54, 1.807) is 24.5 Å². The zero-order valence-electron chi connectivity index (χ0n) is 30.7. The molecule has 0 spiro atoms. The highest BCUT2D eigenvalue weighted by molar-refractivity contribution is 7.80. The maximum absolute atomic E-state index is 13.6. The molecular formula is C40H49F4N5O3S. The fourth-order valence-electron chi connectivity index (χ4n) is 5.53. The number of carbonyl (C=O) groups is 3. The summed E-state index contributed by atoms with van der Waals surface area (Å²) in [5.74, 6) is -2.72. The van der Waals surface area contributed by atoms with Crippen molar-refractivity contribution in [1.29, 1.82) is 0 Å². The summed E-state index contributed by atoms with van der Waals surface area (Å²) in [5.41, 5.74) is 2.91. The second kappa shape index (κ2) is 21.2. The number of benzene rings is 2. The Morgan fingerprint density at radius 2 is 1.66 bits per heavy atom. The van der Waals surface area contributed by atoms with Gasteiger partial charge in [-0.3, -0.25) is 19.4 Å². The molecule has 0 saturated carbocycles. The van der Waals surface area contributed by atoms with Crippen LogP contribution in [0.15, 0.2) is 67.0 Å². The first kappa shape index (κ1) is 42.8. The van der Waals surface area contributed by atoms with Gasteiger partial charge in [0.25, 0.3) is 5.91 Å². The number of alkyl halides is 3. The van der Waals surface area contributed by atoms with Crippen LogP contribution in [0.25, 0.3) is 10.9 Å². The average Bonchev–Trinajstić information content (AvgIpc) is 3.55. The number of aromatic nitrogens is 2. The first-order valence-corrected chi connectivity index (χ1v) is 18.4. The Labute approximate surface area is 313 Å². The summed E-state index contributed by atoms with van der Waals surface area (Å²) < 4.78 is 52.2. The highest BCUT2D eigenvalue weighted by Crippen LogP contribution is 2.37. The van der Waals surface area contributed by atoms with Crippen LogP contribution >= 0.6 is 12.2 Å². The van der Waals surface area contributed by atoms with E-state index in [0.717, 1.165) is 60.4 Å². The van der Waals surface area contributed by atoms with Crippen molar-refractivity contribution in [1.82, 2.24) is 25.9 Å². The Morgan fingerprint density at radius 1 is 0.943 bits per heavy atom. The summed E-state index contributed by atoms with van der Waals surface area (Å²) in [5, 5.41) is 8.87. The summed E-state index contributed by atoms with van der Waals surface area (Å²) in [6.45, 7) is 8.19. The van der Waals surface area contributed by atoms with Crippen molar-refractivity contribution >= 4 is 45.7 Å². The number of hydrogen-bond donors (Lipinski definition) is 4. The predicted molar refractivity (Wildman–Crippen MR) is 204 cm³/mol. The number of nitrogens with zero attached hydrogens (tertiary/aromatic N) is 1. The van der Waals surface area contributed by atoms with Crippen LogP contribution in [0.4, 0.5) is 17.6 Å². The maximum atomic E-state index is 13.6. The van der Waals surface area contributed by atoms with E-state index in [2.05, 4.69) is 39.8 Å². The molecule has 4 aromatic rings. The number of thiocarbonyl (C=S) groups is 1. The zero-order valence-corrected chi connectivity index (χ0v) is 31.5. The number of aryl methyl sites for hydroxylation is 2. The molecule has 4 N–H and O–H groups in total. The van der Waals surface area contributed by atoms with Crippen LogP contribution in [0.1, 0.15) is 87.7 Å². The number of pyridine rings is 1. The minimum absolute atomic E-state index is 0.0173. The Balaban J connectivity index is 0.000000297. The summed E-state index contributed by atoms with van der Waals surface area (Å²) in [7, 11) is 0. The fraction of sp³-hybridized carbons (Fsp3) is 0.425. The molecule has 1 aliphatic rings. The number of halogens is 4. The summed E-state index contributed by atoms with van der Waals surface area (Å²) >= 11 is 5.45. The number of Topliss-reactive ketones (excluding diaryl/α,β-unsaturated/α-hetero) is 1. The standard InChI is InChI=1S/C23H27FN4O3S.C13H12F3N.C4H10/c1-3-15(2)21(23(32)27-13-16-7-6-10-25-12-16)28-22(31)19(29)14-26-20(30)11-17-8-4-5-9-18(17)24;14-13(15,16)10-6-3-5-9-8-4-1-2-7-11(8)17-12(9)10;1-3-4-2/h4-10,12,15,21H,3,11,13-14H2,1-2H3,(H,26,30)(H,27,32)(H,28,31);3,5-6,17H,1-2,4,7H2;3-4H2,1-2H3/t15?,21-;;/m0../s1. The van der Waals surface area contributed by atoms with Crippen molar-refractivity contribution in [2.75, 3.05) is 6.54 Å². The highest BCUT2D eigenvalue weighted by atomic mass is 32.1. The van der Waals surface area contributed by atoms with Crippen LogP contribution in [0.3, 0.4) is 0 Å². The first-order valence-electron chi connectivity index (χ1n) is 18.0. The molecule has 286 valence electrons. The number of ketones is 1. The van der Waals surface area contributed by atoms with Gasteiger partial charge in [0.15, 0.2) is 0 Å². The monoisotopic (exact) mass is 755 g/mol. The van der Waals surface area contributed by atoms with Gasteiger partial charge in [0.2, 0.25) is 11.7 Å². The Hall–Kier alpha value is -4.65. The molecule has 2 amide bonds. The SMILES string of the molecule is CCC(C)[C@H](NC(=O)C(=O)CNC(=O)Cc1ccccc1F)C(=S)NCc1cccnc1.CCCC.FC(F)(F)c1cccc2c3c([nH]c12)CCCC3. The molecule has 2 heterocycles. The highest BCUT2D eigenvalue weighted by Gasteiger charge is 2.34. The Morgan fingerprint density at radius 3 is 2.30 bits per heavy atom. The lowest BCUT2D eigenvalue weighted by Gasteiger charge is -2.25. The normalized spacial score (nSPS) is 13.2. The number of fused-ring (bicyclic) bond motifs is 3. The summed E-state index contributed by atoms with van der Waals surface area (Å²) in [6.07, 6.45) is 6.11. The zero-order chi connectivity index (χ0) is 39.0. The molecule has 2 atom stereocenters. The molecule has 1 unspecified atom stereocenters. The molecular weight excluding hydrogens is 707 g/mol. The number of aromatic amines is 1. The van der Waals surface area contributed by atoms with Crippen molar-refractivity contribution in [3.63, 3.8) is 0 Å². The van der Waals surface area contributed by atoms with Gasteiger partial charge in [0.05, 0.1) is 35.1 Å². The van der Waals surface area contributed by atoms with Crippen LogP contribution in [0.5, 0.6) is 0 Å². The molecule has 1 aliphatic carbocycles. The Bertz CT molecular complexity index is 1810. The minimum atomic E-state index is -4.28. The van der Waals surface area contributed by atoms with Crippen molar-refractivity contribution < 1.29 is 31.9 Å². The van der Waals surface area contributed by atoms with Crippen LogP contribution in [-0.4, -0.2) is 45.1 Å². The van der Waals surface area contributed by atoms with Gasteiger partial charge < -0.3 is 20.9 Å². The number of carbonyl (C=O) groups excluding carboxylic acids is 3. The van der Waals surface area contributed by atoms with Gasteiger partial charge in [-0.2, -0.15) is 13.2 Å². The smallest absolute Gasteiger partial charge is 0.374 e. The van der Waals surface area contributed by atoms with E-state index < -0.39 is 47.7 Å². The molecule has 0 radical (unpaired) electrons. The van der Waals surface area contributed by atoms with Gasteiger partial charge in [-0.25, -0.2) is 4.39 Å². The third-order valence-electron chi connectivity index (χ3n) is 8.92. The number of nitrogens with one attached hydrogen (secondary N) is 4. The van der Waals surface area contributed by atoms with Crippen molar-refractivity contribution in [2.24, 2.45) is 5.92 Å². The molecule has 0 aliphatic heterocycles. The van der Waals surface area contributed by atoms with Crippen LogP contribution in [-0.2, 0) is 46.4 Å². The lowest BCUT2D eigenvalue weighted by Crippen LogP contribution is -2.52. The molecule has 0 fully saturated rings. The Kier molecular flexibility index (Phi) is 17.1. The molecule has 0 bridgehead atoms. The van der Waals surface area contributed by atoms with Crippen molar-refractivity contribution in [2.45, 2.75) is 97.8 Å². The molecule has 2 aromatic carbocycles. The van der Waals surface area contributed by atoms with Crippen LogP contribution < -0.4 is 16.0 Å². The average molecular weight is 756 g/mol. The third-order valence-corrected chi connectivity index (χ3v) is 9.32. The van der Waals surface area contributed by atoms with Gasteiger partial charge in [0.1, 0.15) is 5.82 Å². The quantitative estimate of drug-likeness (QED) is 0.0663. The molecule has 2 aromatic heterocycles. The van der Waals surface area contributed by atoms with E-state index in [4.69, 9.17) is 12.2 Å². The van der Waals surface area contributed by atoms with E-state index in [9.17, 15) is 31.9 Å². The number of rotatable bonds is 12. The second-order valence-electron chi connectivity index (χ2n) is 12.9. The molecule has 5 rings (SSSR count). The molecule has 0 saturated heterocycles. The largest absolute Gasteiger partial charge is 0.418 e. The molecule has 53 heavy (non-hydrogen) atoms. The van der Waals surface area contributed by atoms with E-state index in [1.165, 1.54) is 37.1 Å². The van der Waals surface area contributed by atoms with E-state index in [0.29, 0.717) is 11.5 Å². The van der Waals surface area contributed by atoms with Crippen molar-refractivity contribution in [3.05, 3.63) is 101 Å². The lowest BCUT2D eigenvalue weighted by molar-refractivity contribution is -0.138. The topological polar surface area (TPSA) is 116 Å². The van der Waals surface area contributed by atoms with Gasteiger partial charge >= 0.3 is 6.18 Å².